The van der Waals surface area contributed by atoms with Crippen LogP contribution in [-0.4, -0.2) is 20.8 Å². The summed E-state index contributed by atoms with van der Waals surface area (Å²) >= 11 is 0. The second-order valence-corrected chi connectivity index (χ2v) is 5.89. The summed E-state index contributed by atoms with van der Waals surface area (Å²) < 4.78 is 10.9. The van der Waals surface area contributed by atoms with Crippen molar-refractivity contribution < 1.29 is 9.47 Å². The van der Waals surface area contributed by atoms with Gasteiger partial charge in [-0.1, -0.05) is 20.8 Å². The molecule has 0 saturated heterocycles. The lowest BCUT2D eigenvalue weighted by Gasteiger charge is -2.20. The van der Waals surface area contributed by atoms with Crippen molar-refractivity contribution in [3.8, 4) is 11.5 Å². The molecule has 3 heteroatoms. The molecule has 0 fully saturated rings. The topological polar surface area (TPSA) is 30.5 Å². The summed E-state index contributed by atoms with van der Waals surface area (Å²) in [6, 6.07) is 4.70. The van der Waals surface area contributed by atoms with Crippen LogP contribution in [0.25, 0.3) is 0 Å². The number of methoxy groups -OCH3 is 2. The van der Waals surface area contributed by atoms with Crippen molar-refractivity contribution in [2.75, 3.05) is 20.8 Å². The van der Waals surface area contributed by atoms with E-state index in [0.29, 0.717) is 6.04 Å². The third-order valence-electron chi connectivity index (χ3n) is 4.02. The fourth-order valence-corrected chi connectivity index (χ4v) is 3.00. The van der Waals surface area contributed by atoms with Gasteiger partial charge in [0.15, 0.2) is 11.5 Å². The molecule has 3 nitrogen and oxygen atoms in total. The van der Waals surface area contributed by atoms with Crippen molar-refractivity contribution in [3.05, 3.63) is 23.3 Å². The minimum atomic E-state index is 0.181. The van der Waals surface area contributed by atoms with Crippen LogP contribution in [0.2, 0.25) is 0 Å². The van der Waals surface area contributed by atoms with Crippen molar-refractivity contribution in [3.63, 3.8) is 0 Å². The first-order valence-corrected chi connectivity index (χ1v) is 7.03. The van der Waals surface area contributed by atoms with Gasteiger partial charge in [0.2, 0.25) is 0 Å². The van der Waals surface area contributed by atoms with Crippen molar-refractivity contribution in [2.45, 2.75) is 45.1 Å². The molecule has 106 valence electrons. The van der Waals surface area contributed by atoms with E-state index in [9.17, 15) is 0 Å². The lowest BCUT2D eigenvalue weighted by Crippen LogP contribution is -2.22. The van der Waals surface area contributed by atoms with E-state index in [1.807, 2.05) is 0 Å². The van der Waals surface area contributed by atoms with Crippen LogP contribution in [0.3, 0.4) is 0 Å². The molecule has 0 heterocycles. The number of fused-ring (bicyclic) bond motifs is 1. The Morgan fingerprint density at radius 1 is 1.21 bits per heavy atom. The van der Waals surface area contributed by atoms with Crippen molar-refractivity contribution >= 4 is 0 Å². The number of hydrogen-bond acceptors (Lipinski definition) is 3. The van der Waals surface area contributed by atoms with E-state index in [4.69, 9.17) is 9.47 Å². The highest BCUT2D eigenvalue weighted by Gasteiger charge is 2.37. The van der Waals surface area contributed by atoms with Gasteiger partial charge < -0.3 is 14.8 Å². The van der Waals surface area contributed by atoms with Crippen LogP contribution >= 0.6 is 0 Å². The molecule has 1 aromatic carbocycles. The average molecular weight is 263 g/mol. The smallest absolute Gasteiger partial charge is 0.161 e. The summed E-state index contributed by atoms with van der Waals surface area (Å²) in [6.45, 7) is 7.84. The number of hydrogen-bond donors (Lipinski definition) is 1. The second kappa shape index (κ2) is 5.41. The van der Waals surface area contributed by atoms with E-state index in [1.165, 1.54) is 11.1 Å². The third kappa shape index (κ3) is 2.57. The van der Waals surface area contributed by atoms with Crippen LogP contribution < -0.4 is 14.8 Å². The SMILES string of the molecule is CCCNC1CC(C)(C)c2cc(OC)c(OC)cc21. The zero-order valence-corrected chi connectivity index (χ0v) is 12.7. The van der Waals surface area contributed by atoms with Crippen LogP contribution in [0.4, 0.5) is 0 Å². The van der Waals surface area contributed by atoms with Crippen LogP contribution in [0.1, 0.15) is 50.8 Å². The Kier molecular flexibility index (Phi) is 4.04. The monoisotopic (exact) mass is 263 g/mol. The maximum Gasteiger partial charge on any atom is 0.161 e. The highest BCUT2D eigenvalue weighted by Crippen LogP contribution is 2.48. The van der Waals surface area contributed by atoms with Gasteiger partial charge in [-0.2, -0.15) is 0 Å². The standard InChI is InChI=1S/C16H25NO2/c1-6-7-17-13-10-16(2,3)12-9-15(19-5)14(18-4)8-11(12)13/h8-9,13,17H,6-7,10H2,1-5H3. The minimum Gasteiger partial charge on any atom is -0.493 e. The first kappa shape index (κ1) is 14.2. The van der Waals surface area contributed by atoms with E-state index in [2.05, 4.69) is 38.2 Å². The van der Waals surface area contributed by atoms with Crippen molar-refractivity contribution in [2.24, 2.45) is 0 Å². The molecule has 1 unspecified atom stereocenters. The molecule has 0 spiro atoms. The van der Waals surface area contributed by atoms with Gasteiger partial charge in [-0.15, -0.1) is 0 Å². The van der Waals surface area contributed by atoms with Gasteiger partial charge in [-0.05, 0) is 48.1 Å². The molecule has 1 atom stereocenters. The molecule has 19 heavy (non-hydrogen) atoms. The second-order valence-electron chi connectivity index (χ2n) is 5.89. The Morgan fingerprint density at radius 2 is 1.84 bits per heavy atom. The Bertz CT molecular complexity index is 454. The van der Waals surface area contributed by atoms with Gasteiger partial charge in [-0.25, -0.2) is 0 Å². The molecular formula is C16H25NO2. The molecule has 1 aromatic rings. The maximum absolute atomic E-state index is 5.43. The molecule has 0 aromatic heterocycles. The Labute approximate surface area is 116 Å². The van der Waals surface area contributed by atoms with Crippen LogP contribution in [0.5, 0.6) is 11.5 Å². The van der Waals surface area contributed by atoms with Gasteiger partial charge >= 0.3 is 0 Å². The summed E-state index contributed by atoms with van der Waals surface area (Å²) in [6.07, 6.45) is 2.28. The first-order chi connectivity index (χ1) is 9.03. The van der Waals surface area contributed by atoms with E-state index in [0.717, 1.165) is 30.9 Å². The number of ether oxygens (including phenoxy) is 2. The molecule has 1 N–H and O–H groups in total. The van der Waals surface area contributed by atoms with E-state index in [1.54, 1.807) is 14.2 Å². The summed E-state index contributed by atoms with van der Waals surface area (Å²) in [4.78, 5) is 0. The van der Waals surface area contributed by atoms with Crippen LogP contribution in [0.15, 0.2) is 12.1 Å². The fraction of sp³-hybridized carbons (Fsp3) is 0.625. The summed E-state index contributed by atoms with van der Waals surface area (Å²) in [7, 11) is 3.39. The lowest BCUT2D eigenvalue weighted by atomic mass is 9.86. The molecule has 0 aliphatic heterocycles. The largest absolute Gasteiger partial charge is 0.493 e. The maximum atomic E-state index is 5.43. The lowest BCUT2D eigenvalue weighted by molar-refractivity contribution is 0.353. The molecule has 1 aliphatic rings. The molecular weight excluding hydrogens is 238 g/mol. The highest BCUT2D eigenvalue weighted by atomic mass is 16.5. The Morgan fingerprint density at radius 3 is 2.42 bits per heavy atom. The Hall–Kier alpha value is -1.22. The highest BCUT2D eigenvalue weighted by molar-refractivity contribution is 5.53. The van der Waals surface area contributed by atoms with E-state index >= 15 is 0 Å². The summed E-state index contributed by atoms with van der Waals surface area (Å²) in [5, 5.41) is 3.64. The normalized spacial score (nSPS) is 20.2. The first-order valence-electron chi connectivity index (χ1n) is 7.03. The van der Waals surface area contributed by atoms with E-state index < -0.39 is 0 Å². The predicted octanol–water partition coefficient (Wildman–Crippen LogP) is 3.43. The van der Waals surface area contributed by atoms with Gasteiger partial charge in [0.25, 0.3) is 0 Å². The van der Waals surface area contributed by atoms with Gasteiger partial charge in [-0.3, -0.25) is 0 Å². The quantitative estimate of drug-likeness (QED) is 0.883. The molecule has 1 aliphatic carbocycles. The number of nitrogens with one attached hydrogen (secondary N) is 1. The zero-order valence-electron chi connectivity index (χ0n) is 12.7. The summed E-state index contributed by atoms with van der Waals surface area (Å²) in [5.41, 5.74) is 2.91. The third-order valence-corrected chi connectivity index (χ3v) is 4.02. The fourth-order valence-electron chi connectivity index (χ4n) is 3.00. The predicted molar refractivity (Wildman–Crippen MR) is 78.2 cm³/mol. The minimum absolute atomic E-state index is 0.181. The molecule has 0 radical (unpaired) electrons. The van der Waals surface area contributed by atoms with Gasteiger partial charge in [0.05, 0.1) is 14.2 Å². The van der Waals surface area contributed by atoms with Gasteiger partial charge in [0, 0.05) is 6.04 Å². The summed E-state index contributed by atoms with van der Waals surface area (Å²) in [5.74, 6) is 1.65. The molecule has 0 amide bonds. The van der Waals surface area contributed by atoms with Crippen LogP contribution in [0, 0.1) is 0 Å². The van der Waals surface area contributed by atoms with Gasteiger partial charge in [0.1, 0.15) is 0 Å². The molecule has 2 rings (SSSR count). The number of benzene rings is 1. The Balaban J connectivity index is 2.43. The van der Waals surface area contributed by atoms with Crippen molar-refractivity contribution in [1.82, 2.24) is 5.32 Å². The van der Waals surface area contributed by atoms with E-state index in [-0.39, 0.29) is 5.41 Å². The van der Waals surface area contributed by atoms with Crippen LogP contribution in [-0.2, 0) is 5.41 Å². The molecule has 0 saturated carbocycles. The number of rotatable bonds is 5. The van der Waals surface area contributed by atoms with Crippen molar-refractivity contribution in [1.29, 1.82) is 0 Å². The average Bonchev–Trinajstić information content (AvgIpc) is 2.65. The molecule has 0 bridgehead atoms. The zero-order chi connectivity index (χ0) is 14.0.